The number of amides is 1. The first-order chi connectivity index (χ1) is 10.5. The molecule has 0 aliphatic heterocycles. The Kier molecular flexibility index (Phi) is 7.97. The molecule has 1 aromatic carbocycles. The number of rotatable bonds is 8. The molecular formula is C18H25NO3. The Labute approximate surface area is 132 Å². The zero-order chi connectivity index (χ0) is 16.4. The summed E-state index contributed by atoms with van der Waals surface area (Å²) in [5.41, 5.74) is 1.82. The number of aryl methyl sites for hydroxylation is 1. The molecule has 0 aromatic heterocycles. The first-order valence-electron chi connectivity index (χ1n) is 7.76. The van der Waals surface area contributed by atoms with Crippen molar-refractivity contribution >= 4 is 17.6 Å². The molecule has 120 valence electrons. The van der Waals surface area contributed by atoms with Crippen LogP contribution in [0.1, 0.15) is 39.2 Å². The fraction of sp³-hybridized carbons (Fsp3) is 0.444. The van der Waals surface area contributed by atoms with Crippen LogP contribution in [0, 0.1) is 5.92 Å². The van der Waals surface area contributed by atoms with Gasteiger partial charge < -0.3 is 10.1 Å². The summed E-state index contributed by atoms with van der Waals surface area (Å²) in [6.07, 6.45) is 5.06. The Bertz CT molecular complexity index is 521. The van der Waals surface area contributed by atoms with Gasteiger partial charge in [0.25, 0.3) is 0 Å². The van der Waals surface area contributed by atoms with Crippen LogP contribution in [0.15, 0.2) is 36.4 Å². The predicted molar refractivity (Wildman–Crippen MR) is 88.6 cm³/mol. The molecule has 1 aromatic rings. The van der Waals surface area contributed by atoms with Gasteiger partial charge in [-0.05, 0) is 36.8 Å². The molecule has 1 rings (SSSR count). The van der Waals surface area contributed by atoms with Crippen molar-refractivity contribution in [1.29, 1.82) is 0 Å². The summed E-state index contributed by atoms with van der Waals surface area (Å²) in [6, 6.07) is 7.59. The van der Waals surface area contributed by atoms with Crippen LogP contribution in [-0.2, 0) is 20.7 Å². The molecule has 0 radical (unpaired) electrons. The van der Waals surface area contributed by atoms with E-state index in [1.54, 1.807) is 0 Å². The zero-order valence-corrected chi connectivity index (χ0v) is 13.6. The molecule has 0 spiro atoms. The molecule has 0 atom stereocenters. The lowest BCUT2D eigenvalue weighted by atomic mass is 10.1. The number of hydrogen-bond acceptors (Lipinski definition) is 3. The van der Waals surface area contributed by atoms with Gasteiger partial charge in [-0.25, -0.2) is 4.79 Å². The van der Waals surface area contributed by atoms with Crippen LogP contribution >= 0.6 is 0 Å². The maximum absolute atomic E-state index is 11.8. The number of carbonyl (C=O) groups excluding carboxylic acids is 2. The topological polar surface area (TPSA) is 55.4 Å². The van der Waals surface area contributed by atoms with Crippen molar-refractivity contribution in [2.45, 2.75) is 40.0 Å². The maximum atomic E-state index is 11.8. The lowest BCUT2D eigenvalue weighted by Gasteiger charge is -2.07. The van der Waals surface area contributed by atoms with Crippen LogP contribution in [0.25, 0.3) is 0 Å². The molecule has 0 aliphatic carbocycles. The third kappa shape index (κ3) is 7.07. The Morgan fingerprint density at radius 3 is 2.64 bits per heavy atom. The Balaban J connectivity index is 2.39. The summed E-state index contributed by atoms with van der Waals surface area (Å²) >= 11 is 0. The molecule has 4 nitrogen and oxygen atoms in total. The van der Waals surface area contributed by atoms with Gasteiger partial charge in [-0.1, -0.05) is 39.0 Å². The van der Waals surface area contributed by atoms with Gasteiger partial charge >= 0.3 is 5.97 Å². The molecule has 1 amide bonds. The third-order valence-electron chi connectivity index (χ3n) is 3.20. The van der Waals surface area contributed by atoms with E-state index < -0.39 is 5.97 Å². The summed E-state index contributed by atoms with van der Waals surface area (Å²) in [5.74, 6) is -0.221. The summed E-state index contributed by atoms with van der Waals surface area (Å²) in [7, 11) is 0. The fourth-order valence-corrected chi connectivity index (χ4v) is 1.98. The van der Waals surface area contributed by atoms with Crippen LogP contribution in [0.3, 0.4) is 0 Å². The van der Waals surface area contributed by atoms with Gasteiger partial charge in [0.05, 0.1) is 6.61 Å². The fourth-order valence-electron chi connectivity index (χ4n) is 1.98. The highest BCUT2D eigenvalue weighted by atomic mass is 16.5. The zero-order valence-electron chi connectivity index (χ0n) is 13.6. The van der Waals surface area contributed by atoms with Gasteiger partial charge in [0.2, 0.25) is 5.91 Å². The molecule has 0 saturated heterocycles. The lowest BCUT2D eigenvalue weighted by Crippen LogP contribution is -2.11. The van der Waals surface area contributed by atoms with Crippen LogP contribution < -0.4 is 5.32 Å². The summed E-state index contributed by atoms with van der Waals surface area (Å²) in [5, 5.41) is 2.77. The normalized spacial score (nSPS) is 10.9. The van der Waals surface area contributed by atoms with Crippen molar-refractivity contribution in [3.63, 3.8) is 0 Å². The molecule has 0 saturated carbocycles. The van der Waals surface area contributed by atoms with Crippen molar-refractivity contribution in [1.82, 2.24) is 0 Å². The van der Waals surface area contributed by atoms with E-state index in [1.807, 2.05) is 31.2 Å². The highest BCUT2D eigenvalue weighted by Gasteiger charge is 2.04. The van der Waals surface area contributed by atoms with E-state index >= 15 is 0 Å². The second-order valence-electron chi connectivity index (χ2n) is 5.54. The third-order valence-corrected chi connectivity index (χ3v) is 3.20. The monoisotopic (exact) mass is 303 g/mol. The Morgan fingerprint density at radius 2 is 1.95 bits per heavy atom. The van der Waals surface area contributed by atoms with Gasteiger partial charge in [0, 0.05) is 17.8 Å². The van der Waals surface area contributed by atoms with Gasteiger partial charge in [-0.2, -0.15) is 0 Å². The SMILES string of the molecule is CCc1ccccc1NC(=O)/C=C/C(=O)OCCCC(C)C. The first-order valence-corrected chi connectivity index (χ1v) is 7.76. The number of carbonyl (C=O) groups is 2. The second kappa shape index (κ2) is 9.77. The van der Waals surface area contributed by atoms with E-state index in [0.717, 1.165) is 30.5 Å². The van der Waals surface area contributed by atoms with E-state index in [-0.39, 0.29) is 5.91 Å². The molecule has 0 heterocycles. The highest BCUT2D eigenvalue weighted by Crippen LogP contribution is 2.15. The number of anilines is 1. The van der Waals surface area contributed by atoms with Crippen LogP contribution in [-0.4, -0.2) is 18.5 Å². The Morgan fingerprint density at radius 1 is 1.23 bits per heavy atom. The smallest absolute Gasteiger partial charge is 0.330 e. The van der Waals surface area contributed by atoms with E-state index in [0.29, 0.717) is 12.5 Å². The van der Waals surface area contributed by atoms with E-state index in [2.05, 4.69) is 19.2 Å². The summed E-state index contributed by atoms with van der Waals surface area (Å²) in [6.45, 7) is 6.66. The molecule has 22 heavy (non-hydrogen) atoms. The summed E-state index contributed by atoms with van der Waals surface area (Å²) < 4.78 is 5.03. The van der Waals surface area contributed by atoms with Gasteiger partial charge in [0.15, 0.2) is 0 Å². The first kappa shape index (κ1) is 18.0. The number of nitrogens with one attached hydrogen (secondary N) is 1. The quantitative estimate of drug-likeness (QED) is 0.452. The van der Waals surface area contributed by atoms with Crippen molar-refractivity contribution in [3.8, 4) is 0 Å². The largest absolute Gasteiger partial charge is 0.463 e. The minimum atomic E-state index is -0.484. The van der Waals surface area contributed by atoms with Crippen LogP contribution in [0.2, 0.25) is 0 Å². The molecule has 0 fully saturated rings. The van der Waals surface area contributed by atoms with Crippen molar-refractivity contribution in [3.05, 3.63) is 42.0 Å². The minimum Gasteiger partial charge on any atom is -0.463 e. The average Bonchev–Trinajstić information content (AvgIpc) is 2.50. The highest BCUT2D eigenvalue weighted by molar-refractivity contribution is 6.02. The average molecular weight is 303 g/mol. The van der Waals surface area contributed by atoms with Crippen LogP contribution in [0.5, 0.6) is 0 Å². The number of benzene rings is 1. The molecule has 1 N–H and O–H groups in total. The second-order valence-corrected chi connectivity index (χ2v) is 5.54. The van der Waals surface area contributed by atoms with Crippen molar-refractivity contribution in [2.75, 3.05) is 11.9 Å². The van der Waals surface area contributed by atoms with E-state index in [9.17, 15) is 9.59 Å². The van der Waals surface area contributed by atoms with Crippen molar-refractivity contribution in [2.24, 2.45) is 5.92 Å². The van der Waals surface area contributed by atoms with Gasteiger partial charge in [0.1, 0.15) is 0 Å². The van der Waals surface area contributed by atoms with Gasteiger partial charge in [-0.3, -0.25) is 4.79 Å². The predicted octanol–water partition coefficient (Wildman–Crippen LogP) is 3.72. The number of hydrogen-bond donors (Lipinski definition) is 1. The van der Waals surface area contributed by atoms with Crippen molar-refractivity contribution < 1.29 is 14.3 Å². The lowest BCUT2D eigenvalue weighted by molar-refractivity contribution is -0.138. The minimum absolute atomic E-state index is 0.333. The van der Waals surface area contributed by atoms with E-state index in [4.69, 9.17) is 4.74 Å². The number of esters is 1. The van der Waals surface area contributed by atoms with Crippen LogP contribution in [0.4, 0.5) is 5.69 Å². The molecular weight excluding hydrogens is 278 g/mol. The van der Waals surface area contributed by atoms with Gasteiger partial charge in [-0.15, -0.1) is 0 Å². The molecule has 0 unspecified atom stereocenters. The van der Waals surface area contributed by atoms with E-state index in [1.165, 1.54) is 12.2 Å². The summed E-state index contributed by atoms with van der Waals surface area (Å²) in [4.78, 5) is 23.3. The standard InChI is InChI=1S/C18H25NO3/c1-4-15-9-5-6-10-16(15)19-17(20)11-12-18(21)22-13-7-8-14(2)3/h5-6,9-12,14H,4,7-8,13H2,1-3H3,(H,19,20)/b12-11+. The number of ether oxygens (including phenoxy) is 1. The molecule has 4 heteroatoms. The number of para-hydroxylation sites is 1. The molecule has 0 bridgehead atoms. The Hall–Kier alpha value is -2.10. The molecule has 0 aliphatic rings. The maximum Gasteiger partial charge on any atom is 0.330 e.